The number of hydrogen-bond donors (Lipinski definition) is 1. The Morgan fingerprint density at radius 1 is 1.09 bits per heavy atom. The molecule has 7 nitrogen and oxygen atoms in total. The number of Topliss-reactive ketones (excluding diaryl/α,β-unsaturated/α-hetero) is 1. The van der Waals surface area contributed by atoms with Crippen molar-refractivity contribution in [1.29, 1.82) is 0 Å². The second kappa shape index (κ2) is 9.27. The van der Waals surface area contributed by atoms with Gasteiger partial charge < -0.3 is 24.3 Å². The van der Waals surface area contributed by atoms with E-state index in [9.17, 15) is 9.59 Å². The van der Waals surface area contributed by atoms with Crippen LogP contribution in [0, 0.1) is 5.41 Å². The summed E-state index contributed by atoms with van der Waals surface area (Å²) >= 11 is 0. The summed E-state index contributed by atoms with van der Waals surface area (Å²) in [5.74, 6) is 0.382. The van der Waals surface area contributed by atoms with Gasteiger partial charge in [-0.3, -0.25) is 4.79 Å². The third-order valence-corrected chi connectivity index (χ3v) is 5.92. The average molecular weight is 444 g/mol. The minimum absolute atomic E-state index is 0.0239. The summed E-state index contributed by atoms with van der Waals surface area (Å²) in [4.78, 5) is 26.5. The zero-order chi connectivity index (χ0) is 23.6. The van der Waals surface area contributed by atoms with E-state index in [0.717, 1.165) is 5.70 Å². The average Bonchev–Trinajstić information content (AvgIpc) is 2.74. The lowest BCUT2D eigenvalue weighted by Gasteiger charge is -2.39. The molecule has 1 heterocycles. The zero-order valence-electron chi connectivity index (χ0n) is 20.0. The number of carbonyl (C=O) groups excluding carboxylic acids is 2. The summed E-state index contributed by atoms with van der Waals surface area (Å²) in [5, 5.41) is 3.34. The molecule has 1 aromatic carbocycles. The van der Waals surface area contributed by atoms with Crippen molar-refractivity contribution in [2.45, 2.75) is 52.9 Å². The van der Waals surface area contributed by atoms with Crippen LogP contribution in [0.2, 0.25) is 0 Å². The van der Waals surface area contributed by atoms with Gasteiger partial charge in [-0.2, -0.15) is 0 Å². The minimum atomic E-state index is -0.590. The Morgan fingerprint density at radius 2 is 1.72 bits per heavy atom. The fourth-order valence-corrected chi connectivity index (χ4v) is 4.58. The van der Waals surface area contributed by atoms with Crippen molar-refractivity contribution in [1.82, 2.24) is 5.32 Å². The van der Waals surface area contributed by atoms with Gasteiger partial charge in [0.1, 0.15) is 0 Å². The molecule has 3 rings (SSSR count). The fraction of sp³-hybridized carbons (Fsp3) is 0.520. The van der Waals surface area contributed by atoms with E-state index in [1.54, 1.807) is 26.4 Å². The van der Waals surface area contributed by atoms with Crippen molar-refractivity contribution in [3.8, 4) is 17.2 Å². The molecule has 7 heteroatoms. The highest BCUT2D eigenvalue weighted by atomic mass is 16.5. The molecule has 0 bridgehead atoms. The highest BCUT2D eigenvalue weighted by Crippen LogP contribution is 2.49. The highest BCUT2D eigenvalue weighted by Gasteiger charge is 2.43. The predicted molar refractivity (Wildman–Crippen MR) is 121 cm³/mol. The van der Waals surface area contributed by atoms with Crippen molar-refractivity contribution in [3.63, 3.8) is 0 Å². The third-order valence-electron chi connectivity index (χ3n) is 5.92. The molecule has 2 aliphatic rings. The van der Waals surface area contributed by atoms with Crippen molar-refractivity contribution in [2.24, 2.45) is 5.41 Å². The number of carbonyl (C=O) groups is 2. The van der Waals surface area contributed by atoms with Gasteiger partial charge in [0.25, 0.3) is 0 Å². The van der Waals surface area contributed by atoms with Gasteiger partial charge in [-0.1, -0.05) is 20.8 Å². The van der Waals surface area contributed by atoms with Crippen molar-refractivity contribution >= 4 is 11.8 Å². The summed E-state index contributed by atoms with van der Waals surface area (Å²) in [6, 6.07) is 3.60. The maximum atomic E-state index is 13.4. The molecule has 0 saturated carbocycles. The molecule has 174 valence electrons. The molecule has 1 atom stereocenters. The molecule has 0 unspecified atom stereocenters. The minimum Gasteiger partial charge on any atom is -0.493 e. The normalized spacial score (nSPS) is 19.8. The van der Waals surface area contributed by atoms with E-state index in [0.29, 0.717) is 65.5 Å². The van der Waals surface area contributed by atoms with Crippen LogP contribution in [0.3, 0.4) is 0 Å². The van der Waals surface area contributed by atoms with Crippen molar-refractivity contribution < 1.29 is 28.5 Å². The molecule has 1 aromatic rings. The summed E-state index contributed by atoms with van der Waals surface area (Å²) < 4.78 is 22.0. The van der Waals surface area contributed by atoms with E-state index < -0.39 is 11.9 Å². The lowest BCUT2D eigenvalue weighted by atomic mass is 9.68. The summed E-state index contributed by atoms with van der Waals surface area (Å²) in [5.41, 5.74) is 3.13. The van der Waals surface area contributed by atoms with Gasteiger partial charge in [0.05, 0.1) is 33.5 Å². The number of hydrogen-bond acceptors (Lipinski definition) is 7. The van der Waals surface area contributed by atoms with E-state index in [1.165, 1.54) is 7.11 Å². The van der Waals surface area contributed by atoms with Crippen LogP contribution >= 0.6 is 0 Å². The van der Waals surface area contributed by atoms with Crippen LogP contribution in [0.4, 0.5) is 0 Å². The molecule has 1 N–H and O–H groups in total. The molecule has 0 spiro atoms. The first-order valence-corrected chi connectivity index (χ1v) is 10.9. The number of benzene rings is 1. The zero-order valence-corrected chi connectivity index (χ0v) is 20.0. The lowest BCUT2D eigenvalue weighted by Crippen LogP contribution is -2.38. The standard InChI is InChI=1S/C25H33NO6/c1-8-9-32-24(28)20-14(2)26-16-12-25(3,4)13-17(27)22(16)21(20)15-10-18(29-5)23(31-7)19(11-15)30-6/h10-11,21,26H,8-9,12-13H2,1-7H3/t21-/m1/s1. The maximum Gasteiger partial charge on any atom is 0.336 e. The number of ketones is 1. The molecule has 32 heavy (non-hydrogen) atoms. The number of allylic oxidation sites excluding steroid dienone is 3. The van der Waals surface area contributed by atoms with E-state index in [4.69, 9.17) is 18.9 Å². The number of rotatable bonds is 7. The number of methoxy groups -OCH3 is 3. The molecule has 1 aliphatic carbocycles. The Balaban J connectivity index is 2.25. The summed E-state index contributed by atoms with van der Waals surface area (Å²) in [6.07, 6.45) is 1.83. The molecule has 0 fully saturated rings. The molecular weight excluding hydrogens is 410 g/mol. The van der Waals surface area contributed by atoms with Gasteiger partial charge in [-0.05, 0) is 42.9 Å². The Hall–Kier alpha value is -2.96. The lowest BCUT2D eigenvalue weighted by molar-refractivity contribution is -0.139. The molecule has 0 aromatic heterocycles. The van der Waals surface area contributed by atoms with Crippen molar-refractivity contribution in [3.05, 3.63) is 40.2 Å². The number of esters is 1. The van der Waals surface area contributed by atoms with Crippen LogP contribution in [0.5, 0.6) is 17.2 Å². The number of ether oxygens (including phenoxy) is 4. The van der Waals surface area contributed by atoms with Gasteiger partial charge in [0.15, 0.2) is 17.3 Å². The highest BCUT2D eigenvalue weighted by molar-refractivity contribution is 6.04. The summed E-state index contributed by atoms with van der Waals surface area (Å²) in [7, 11) is 4.62. The van der Waals surface area contributed by atoms with E-state index >= 15 is 0 Å². The smallest absolute Gasteiger partial charge is 0.336 e. The number of nitrogens with one attached hydrogen (secondary N) is 1. The summed E-state index contributed by atoms with van der Waals surface area (Å²) in [6.45, 7) is 8.26. The largest absolute Gasteiger partial charge is 0.493 e. The SMILES string of the molecule is CCCOC(=O)C1=C(C)NC2=C(C(=O)CC(C)(C)C2)[C@@H]1c1cc(OC)c(OC)c(OC)c1. The second-order valence-corrected chi connectivity index (χ2v) is 9.02. The van der Waals surface area contributed by atoms with E-state index in [1.807, 2.05) is 13.8 Å². The third kappa shape index (κ3) is 4.33. The van der Waals surface area contributed by atoms with Crippen LogP contribution in [0.1, 0.15) is 58.4 Å². The monoisotopic (exact) mass is 443 g/mol. The van der Waals surface area contributed by atoms with Gasteiger partial charge in [0.2, 0.25) is 5.75 Å². The van der Waals surface area contributed by atoms with Crippen LogP contribution in [0.25, 0.3) is 0 Å². The Kier molecular flexibility index (Phi) is 6.86. The van der Waals surface area contributed by atoms with Gasteiger partial charge in [-0.25, -0.2) is 4.79 Å². The van der Waals surface area contributed by atoms with Gasteiger partial charge >= 0.3 is 5.97 Å². The second-order valence-electron chi connectivity index (χ2n) is 9.02. The van der Waals surface area contributed by atoms with Gasteiger partial charge in [0, 0.05) is 29.3 Å². The molecule has 1 aliphatic heterocycles. The van der Waals surface area contributed by atoms with Crippen LogP contribution in [-0.4, -0.2) is 39.7 Å². The maximum absolute atomic E-state index is 13.4. The Bertz CT molecular complexity index is 963. The fourth-order valence-electron chi connectivity index (χ4n) is 4.58. The van der Waals surface area contributed by atoms with Crippen LogP contribution < -0.4 is 19.5 Å². The first-order valence-electron chi connectivity index (χ1n) is 10.9. The molecule has 0 amide bonds. The van der Waals surface area contributed by atoms with Crippen LogP contribution in [0.15, 0.2) is 34.7 Å². The Labute approximate surface area is 189 Å². The first kappa shape index (κ1) is 23.7. The van der Waals surface area contributed by atoms with E-state index in [2.05, 4.69) is 19.2 Å². The molecular formula is C25H33NO6. The van der Waals surface area contributed by atoms with Crippen molar-refractivity contribution in [2.75, 3.05) is 27.9 Å². The molecule has 0 radical (unpaired) electrons. The number of dihydropyridines is 1. The Morgan fingerprint density at radius 3 is 2.25 bits per heavy atom. The topological polar surface area (TPSA) is 83.1 Å². The first-order chi connectivity index (χ1) is 15.2. The quantitative estimate of drug-likeness (QED) is 0.630. The van der Waals surface area contributed by atoms with Gasteiger partial charge in [-0.15, -0.1) is 0 Å². The van der Waals surface area contributed by atoms with E-state index in [-0.39, 0.29) is 11.2 Å². The predicted octanol–water partition coefficient (Wildman–Crippen LogP) is 4.27. The molecule has 0 saturated heterocycles. The van der Waals surface area contributed by atoms with Crippen LogP contribution in [-0.2, 0) is 14.3 Å².